The Morgan fingerprint density at radius 1 is 0.302 bits per heavy atom. The molecular formula is C109H134N12O2S3. The standard InChI is InChI=1S/2C12H13N.C10H12N2.C10H11NO.2C10H11NS.C9H12.3C8H11N.C6H9NO.C6H9NS/c1-9(2)10-5-6-12-11(8-10)4-3-7-13-12;1-9(2)11-7-10-5-3-4-6-12(10)13-8-11;1-8(2)9-7-12-6-4-3-5-10(12)11-9;1-7(2)10-11-8-5-3-4-6-9(8)12-10;1-7(2)8-3-4-9-10(5-8)12-6-11-9;1-7(2)10-11-8-5-3-4-6-9(8)12-10;1-8(2)9-6-4-3-5-7-9;1-7(2)8-3-5-9-6-4-8;1-7(2)8-4-3-5-9-6-8;1-7(2)8-5-3-4-6-9-8;1-5(2)6-3-4-7-8-6;1-5(2)6-7-3-4-8-6/h2*3-9H,1-2H3;3-8H,1-2H3;3*3-7H,1-2H3;3-8H,1-2H3;3*3-7H,1-2H3;2*3-5H,1-2H3. The third-order valence-corrected chi connectivity index (χ3v) is 22.8. The van der Waals surface area contributed by atoms with Gasteiger partial charge in [0.1, 0.15) is 16.9 Å². The molecule has 6 aromatic carbocycles. The molecule has 17 heteroatoms. The number of hydrogen-bond donors (Lipinski definition) is 0. The van der Waals surface area contributed by atoms with Crippen molar-refractivity contribution >= 4 is 93.0 Å². The minimum atomic E-state index is 0.359. The van der Waals surface area contributed by atoms with Crippen LogP contribution in [0.5, 0.6) is 0 Å². The highest BCUT2D eigenvalue weighted by Crippen LogP contribution is 2.29. The smallest absolute Gasteiger partial charge is 0.198 e. The topological polar surface area (TPSA) is 172 Å². The van der Waals surface area contributed by atoms with E-state index in [9.17, 15) is 0 Å². The predicted octanol–water partition coefficient (Wildman–Crippen LogP) is 32.5. The monoisotopic (exact) mass is 1740 g/mol. The molecule has 0 aliphatic heterocycles. The van der Waals surface area contributed by atoms with E-state index in [1.54, 1.807) is 46.4 Å². The summed E-state index contributed by atoms with van der Waals surface area (Å²) in [5.74, 6) is 8.39. The first kappa shape index (κ1) is 101. The van der Waals surface area contributed by atoms with E-state index in [0.29, 0.717) is 71.0 Å². The number of rotatable bonds is 12. The molecule has 0 unspecified atom stereocenters. The van der Waals surface area contributed by atoms with Gasteiger partial charge >= 0.3 is 0 Å². The van der Waals surface area contributed by atoms with E-state index < -0.39 is 0 Å². The minimum absolute atomic E-state index is 0.359. The number of nitrogens with zero attached hydrogens (tertiary/aromatic N) is 12. The molecule has 0 atom stereocenters. The number of para-hydroxylation sites is 4. The second kappa shape index (κ2) is 54.3. The molecule has 18 aromatic rings. The summed E-state index contributed by atoms with van der Waals surface area (Å²) in [5, 5.41) is 10.5. The van der Waals surface area contributed by atoms with Crippen LogP contribution in [0.1, 0.15) is 304 Å². The fourth-order valence-corrected chi connectivity index (χ4v) is 14.0. The largest absolute Gasteiger partial charge is 0.440 e. The van der Waals surface area contributed by atoms with E-state index in [4.69, 9.17) is 8.94 Å². The number of hydrogen-bond acceptors (Lipinski definition) is 16. The Morgan fingerprint density at radius 3 is 1.37 bits per heavy atom. The van der Waals surface area contributed by atoms with Gasteiger partial charge in [0.15, 0.2) is 11.5 Å². The van der Waals surface area contributed by atoms with Gasteiger partial charge in [0.25, 0.3) is 0 Å². The zero-order valence-corrected chi connectivity index (χ0v) is 81.2. The van der Waals surface area contributed by atoms with Gasteiger partial charge in [0, 0.05) is 114 Å². The number of pyridine rings is 6. The Kier molecular flexibility index (Phi) is 43.7. The van der Waals surface area contributed by atoms with Crippen LogP contribution in [0, 0.1) is 0 Å². The Balaban J connectivity index is 0.000000189. The van der Waals surface area contributed by atoms with Gasteiger partial charge in [0.2, 0.25) is 0 Å². The molecule has 0 bridgehead atoms. The summed E-state index contributed by atoms with van der Waals surface area (Å²) in [6.45, 7) is 51.8. The molecule has 0 saturated carbocycles. The SMILES string of the molecule is CC(C)c1ccc2ncccc2c1.CC(C)c1ccc2ncsc2c1.CC(C)c1ccccc1.CC(C)c1ccccn1.CC(C)c1cccnc1.CC(C)c1ccncc1.CC(C)c1ccno1.CC(C)c1cn2ccccc2n1.CC(C)c1cnc2ccccc2c1.CC(C)c1nc2ccccc2o1.CC(C)c1nc2ccccc2s1.CC(C)c1nccs1. The second-order valence-corrected chi connectivity index (χ2v) is 36.9. The van der Waals surface area contributed by atoms with Crippen LogP contribution in [0.25, 0.3) is 59.0 Å². The number of imidazole rings is 1. The van der Waals surface area contributed by atoms with Crippen molar-refractivity contribution in [1.29, 1.82) is 0 Å². The van der Waals surface area contributed by atoms with E-state index in [1.165, 1.54) is 63.6 Å². The first-order valence-corrected chi connectivity index (χ1v) is 46.8. The summed E-state index contributed by atoms with van der Waals surface area (Å²) >= 11 is 5.22. The summed E-state index contributed by atoms with van der Waals surface area (Å²) in [7, 11) is 0. The van der Waals surface area contributed by atoms with Gasteiger partial charge in [0.05, 0.1) is 58.9 Å². The Labute approximate surface area is 763 Å². The molecule has 12 aromatic heterocycles. The Hall–Kier alpha value is -11.6. The molecule has 18 rings (SSSR count). The zero-order valence-electron chi connectivity index (χ0n) is 78.7. The van der Waals surface area contributed by atoms with E-state index in [2.05, 4.69) is 335 Å². The van der Waals surface area contributed by atoms with E-state index in [1.807, 2.05) is 182 Å². The third kappa shape index (κ3) is 35.4. The van der Waals surface area contributed by atoms with Crippen molar-refractivity contribution in [3.05, 3.63) is 370 Å². The maximum atomic E-state index is 5.52. The molecule has 0 aliphatic rings. The van der Waals surface area contributed by atoms with Crippen LogP contribution in [0.4, 0.5) is 0 Å². The van der Waals surface area contributed by atoms with Crippen molar-refractivity contribution < 1.29 is 8.94 Å². The summed E-state index contributed by atoms with van der Waals surface area (Å²) in [4.78, 5) is 42.5. The lowest BCUT2D eigenvalue weighted by Crippen LogP contribution is -1.88. The van der Waals surface area contributed by atoms with Crippen molar-refractivity contribution in [2.45, 2.75) is 237 Å². The average Bonchev–Trinajstić information content (AvgIpc) is 1.72. The molecule has 0 amide bonds. The van der Waals surface area contributed by atoms with E-state index in [-0.39, 0.29) is 0 Å². The highest BCUT2D eigenvalue weighted by molar-refractivity contribution is 7.18. The molecule has 0 aliphatic carbocycles. The van der Waals surface area contributed by atoms with Crippen molar-refractivity contribution in [1.82, 2.24) is 59.4 Å². The lowest BCUT2D eigenvalue weighted by molar-refractivity contribution is 0.371. The van der Waals surface area contributed by atoms with E-state index in [0.717, 1.165) is 61.9 Å². The van der Waals surface area contributed by atoms with Gasteiger partial charge in [-0.3, -0.25) is 24.9 Å². The zero-order chi connectivity index (χ0) is 91.5. The highest BCUT2D eigenvalue weighted by atomic mass is 32.1. The van der Waals surface area contributed by atoms with Gasteiger partial charge < -0.3 is 13.3 Å². The molecule has 0 spiro atoms. The molecule has 0 N–H and O–H groups in total. The van der Waals surface area contributed by atoms with Crippen molar-refractivity contribution in [2.75, 3.05) is 0 Å². The second-order valence-electron chi connectivity index (χ2n) is 34.0. The normalized spacial score (nSPS) is 10.8. The number of oxazole rings is 1. The molecule has 12 heterocycles. The summed E-state index contributed by atoms with van der Waals surface area (Å²) in [6.07, 6.45) is 20.6. The van der Waals surface area contributed by atoms with Crippen LogP contribution in [0.15, 0.2) is 312 Å². The number of benzene rings is 6. The number of fused-ring (bicyclic) bond motifs is 6. The maximum Gasteiger partial charge on any atom is 0.198 e. The quantitative estimate of drug-likeness (QED) is 0.113. The van der Waals surface area contributed by atoms with Gasteiger partial charge in [-0.2, -0.15) is 0 Å². The molecule has 660 valence electrons. The van der Waals surface area contributed by atoms with E-state index >= 15 is 0 Å². The van der Waals surface area contributed by atoms with Crippen LogP contribution in [0.3, 0.4) is 0 Å². The summed E-state index contributed by atoms with van der Waals surface area (Å²) in [6, 6.07) is 76.2. The van der Waals surface area contributed by atoms with Gasteiger partial charge in [-0.15, -0.1) is 34.0 Å². The third-order valence-electron chi connectivity index (χ3n) is 19.6. The maximum absolute atomic E-state index is 5.52. The number of thiazole rings is 3. The van der Waals surface area contributed by atoms with Crippen LogP contribution in [0.2, 0.25) is 0 Å². The predicted molar refractivity (Wildman–Crippen MR) is 539 cm³/mol. The van der Waals surface area contributed by atoms with Crippen LogP contribution in [-0.2, 0) is 0 Å². The van der Waals surface area contributed by atoms with Gasteiger partial charge in [-0.25, -0.2) is 24.9 Å². The minimum Gasteiger partial charge on any atom is -0.440 e. The van der Waals surface area contributed by atoms with Crippen LogP contribution < -0.4 is 0 Å². The first-order chi connectivity index (χ1) is 60.5. The van der Waals surface area contributed by atoms with Crippen LogP contribution in [-0.4, -0.2) is 59.4 Å². The Morgan fingerprint density at radius 2 is 0.857 bits per heavy atom. The molecule has 0 saturated heterocycles. The fraction of sp³-hybridized carbons (Fsp3) is 0.330. The Bertz CT molecular complexity index is 5330. The van der Waals surface area contributed by atoms with Crippen LogP contribution >= 0.6 is 34.0 Å². The van der Waals surface area contributed by atoms with Gasteiger partial charge in [-0.05, 0) is 190 Å². The number of aromatic nitrogens is 12. The lowest BCUT2D eigenvalue weighted by atomic mass is 10.0. The molecular weight excluding hydrogens is 1610 g/mol. The molecule has 0 radical (unpaired) electrons. The lowest BCUT2D eigenvalue weighted by Gasteiger charge is -2.05. The summed E-state index contributed by atoms with van der Waals surface area (Å²) < 4.78 is 15.0. The van der Waals surface area contributed by atoms with Gasteiger partial charge in [-0.1, -0.05) is 281 Å². The van der Waals surface area contributed by atoms with Crippen molar-refractivity contribution in [2.24, 2.45) is 0 Å². The first-order valence-electron chi connectivity index (χ1n) is 44.2. The molecule has 0 fully saturated rings. The fourth-order valence-electron chi connectivity index (χ4n) is 11.7. The average molecular weight is 1740 g/mol. The highest BCUT2D eigenvalue weighted by Gasteiger charge is 2.11. The van der Waals surface area contributed by atoms with Crippen molar-refractivity contribution in [3.63, 3.8) is 0 Å². The molecule has 14 nitrogen and oxygen atoms in total. The summed E-state index contributed by atoms with van der Waals surface area (Å²) in [5.41, 5.74) is 19.6. The molecule has 126 heavy (non-hydrogen) atoms. The van der Waals surface area contributed by atoms with Crippen molar-refractivity contribution in [3.8, 4) is 0 Å².